The summed E-state index contributed by atoms with van der Waals surface area (Å²) in [5, 5.41) is 0. The van der Waals surface area contributed by atoms with E-state index in [4.69, 9.17) is 10.5 Å². The zero-order chi connectivity index (χ0) is 11.3. The summed E-state index contributed by atoms with van der Waals surface area (Å²) in [6.07, 6.45) is 2.71. The molecule has 88 valence electrons. The molecule has 0 bridgehead atoms. The summed E-state index contributed by atoms with van der Waals surface area (Å²) in [6.45, 7) is 4.23. The second-order valence-corrected chi connectivity index (χ2v) is 4.34. The lowest BCUT2D eigenvalue weighted by atomic mass is 9.92. The van der Waals surface area contributed by atoms with Crippen LogP contribution in [0, 0.1) is 5.92 Å². The number of piperidine rings is 1. The van der Waals surface area contributed by atoms with Gasteiger partial charge in [0, 0.05) is 26.2 Å². The third kappa shape index (κ3) is 3.80. The van der Waals surface area contributed by atoms with Gasteiger partial charge in [0.15, 0.2) is 0 Å². The lowest BCUT2D eigenvalue weighted by molar-refractivity contribution is -0.134. The third-order valence-electron chi connectivity index (χ3n) is 3.07. The number of ether oxygens (including phenoxy) is 1. The number of nitrogens with zero attached hydrogens (tertiary/aromatic N) is 1. The molecule has 0 saturated carbocycles. The van der Waals surface area contributed by atoms with Crippen LogP contribution in [0.4, 0.5) is 0 Å². The maximum atomic E-state index is 11.7. The predicted octanol–water partition coefficient (Wildman–Crippen LogP) is 0.609. The summed E-state index contributed by atoms with van der Waals surface area (Å²) in [5.74, 6) is 0.660. The zero-order valence-electron chi connectivity index (χ0n) is 9.74. The number of hydrogen-bond donors (Lipinski definition) is 1. The van der Waals surface area contributed by atoms with Gasteiger partial charge in [-0.2, -0.15) is 0 Å². The first kappa shape index (κ1) is 12.5. The molecule has 0 aromatic carbocycles. The Hall–Kier alpha value is -0.610. The van der Waals surface area contributed by atoms with Crippen LogP contribution in [-0.4, -0.2) is 43.7 Å². The Morgan fingerprint density at radius 3 is 3.00 bits per heavy atom. The quantitative estimate of drug-likeness (QED) is 0.746. The Kier molecular flexibility index (Phi) is 5.05. The number of carbonyl (C=O) groups excluding carboxylic acids is 1. The summed E-state index contributed by atoms with van der Waals surface area (Å²) in [5.41, 5.74) is 5.87. The molecule has 0 aromatic heterocycles. The van der Waals surface area contributed by atoms with Gasteiger partial charge in [0.05, 0.1) is 13.0 Å². The summed E-state index contributed by atoms with van der Waals surface area (Å²) < 4.78 is 4.91. The van der Waals surface area contributed by atoms with Crippen molar-refractivity contribution in [3.63, 3.8) is 0 Å². The molecule has 2 unspecified atom stereocenters. The van der Waals surface area contributed by atoms with Crippen LogP contribution in [0.5, 0.6) is 0 Å². The number of carbonyl (C=O) groups is 1. The van der Waals surface area contributed by atoms with Gasteiger partial charge in [0.2, 0.25) is 5.91 Å². The van der Waals surface area contributed by atoms with E-state index >= 15 is 0 Å². The fraction of sp³-hybridized carbons (Fsp3) is 0.909. The molecule has 1 rings (SSSR count). The number of amides is 1. The lowest BCUT2D eigenvalue weighted by Crippen LogP contribution is -2.45. The van der Waals surface area contributed by atoms with Gasteiger partial charge in [0.25, 0.3) is 0 Å². The molecule has 1 aliphatic heterocycles. The third-order valence-corrected chi connectivity index (χ3v) is 3.07. The summed E-state index contributed by atoms with van der Waals surface area (Å²) in [4.78, 5) is 13.7. The predicted molar refractivity (Wildman–Crippen MR) is 59.4 cm³/mol. The molecular formula is C11H22N2O2. The largest absolute Gasteiger partial charge is 0.384 e. The maximum absolute atomic E-state index is 11.7. The van der Waals surface area contributed by atoms with E-state index in [0.717, 1.165) is 25.9 Å². The van der Waals surface area contributed by atoms with Gasteiger partial charge >= 0.3 is 0 Å². The molecule has 1 saturated heterocycles. The molecule has 2 atom stereocenters. The van der Waals surface area contributed by atoms with E-state index in [1.165, 1.54) is 0 Å². The molecule has 1 amide bonds. The second-order valence-electron chi connectivity index (χ2n) is 4.34. The molecule has 1 heterocycles. The van der Waals surface area contributed by atoms with Crippen molar-refractivity contribution in [2.24, 2.45) is 11.7 Å². The van der Waals surface area contributed by atoms with Crippen LogP contribution in [0.25, 0.3) is 0 Å². The van der Waals surface area contributed by atoms with Gasteiger partial charge in [-0.3, -0.25) is 4.79 Å². The van der Waals surface area contributed by atoms with Crippen molar-refractivity contribution in [3.8, 4) is 0 Å². The molecule has 4 nitrogen and oxygen atoms in total. The molecule has 0 spiro atoms. The fourth-order valence-electron chi connectivity index (χ4n) is 2.01. The number of rotatable bonds is 4. The molecule has 2 N–H and O–H groups in total. The molecule has 1 fully saturated rings. The van der Waals surface area contributed by atoms with Crippen molar-refractivity contribution in [3.05, 3.63) is 0 Å². The minimum atomic E-state index is 0.183. The van der Waals surface area contributed by atoms with Crippen molar-refractivity contribution in [1.82, 2.24) is 4.90 Å². The summed E-state index contributed by atoms with van der Waals surface area (Å²) in [7, 11) is 1.62. The van der Waals surface area contributed by atoms with Crippen molar-refractivity contribution in [2.45, 2.75) is 32.2 Å². The monoisotopic (exact) mass is 214 g/mol. The first-order valence-corrected chi connectivity index (χ1v) is 5.67. The highest BCUT2D eigenvalue weighted by molar-refractivity contribution is 5.76. The molecule has 4 heteroatoms. The topological polar surface area (TPSA) is 55.6 Å². The standard InChI is InChI=1S/C11H22N2O2/c1-9(12)10-4-3-6-13(8-10)11(14)5-7-15-2/h9-10H,3-8,12H2,1-2H3. The van der Waals surface area contributed by atoms with Crippen LogP contribution in [0.1, 0.15) is 26.2 Å². The second kappa shape index (κ2) is 6.08. The smallest absolute Gasteiger partial charge is 0.224 e. The summed E-state index contributed by atoms with van der Waals surface area (Å²) in [6, 6.07) is 0.183. The van der Waals surface area contributed by atoms with Gasteiger partial charge in [-0.25, -0.2) is 0 Å². The van der Waals surface area contributed by atoms with E-state index < -0.39 is 0 Å². The summed E-state index contributed by atoms with van der Waals surface area (Å²) >= 11 is 0. The van der Waals surface area contributed by atoms with Gasteiger partial charge in [-0.1, -0.05) is 0 Å². The SMILES string of the molecule is COCCC(=O)N1CCCC(C(C)N)C1. The first-order valence-electron chi connectivity index (χ1n) is 5.67. The van der Waals surface area contributed by atoms with Gasteiger partial charge in [-0.05, 0) is 25.7 Å². The van der Waals surface area contributed by atoms with Gasteiger partial charge < -0.3 is 15.4 Å². The Balaban J connectivity index is 2.38. The van der Waals surface area contributed by atoms with E-state index in [-0.39, 0.29) is 11.9 Å². The molecule has 1 aliphatic rings. The Morgan fingerprint density at radius 1 is 1.67 bits per heavy atom. The Labute approximate surface area is 91.8 Å². The number of hydrogen-bond acceptors (Lipinski definition) is 3. The van der Waals surface area contributed by atoms with E-state index in [0.29, 0.717) is 18.9 Å². The van der Waals surface area contributed by atoms with Crippen LogP contribution in [0.15, 0.2) is 0 Å². The highest BCUT2D eigenvalue weighted by atomic mass is 16.5. The lowest BCUT2D eigenvalue weighted by Gasteiger charge is -2.34. The highest BCUT2D eigenvalue weighted by Crippen LogP contribution is 2.19. The molecule has 0 radical (unpaired) electrons. The number of nitrogens with two attached hydrogens (primary N) is 1. The molecular weight excluding hydrogens is 192 g/mol. The zero-order valence-corrected chi connectivity index (χ0v) is 9.74. The fourth-order valence-corrected chi connectivity index (χ4v) is 2.01. The van der Waals surface area contributed by atoms with Gasteiger partial charge in [0.1, 0.15) is 0 Å². The van der Waals surface area contributed by atoms with E-state index in [9.17, 15) is 4.79 Å². The van der Waals surface area contributed by atoms with Crippen LogP contribution < -0.4 is 5.73 Å². The molecule has 15 heavy (non-hydrogen) atoms. The molecule has 0 aliphatic carbocycles. The molecule has 0 aromatic rings. The van der Waals surface area contributed by atoms with Crippen LogP contribution in [0.3, 0.4) is 0 Å². The highest BCUT2D eigenvalue weighted by Gasteiger charge is 2.25. The minimum Gasteiger partial charge on any atom is -0.384 e. The van der Waals surface area contributed by atoms with Crippen LogP contribution in [0.2, 0.25) is 0 Å². The number of likely N-dealkylation sites (tertiary alicyclic amines) is 1. The Morgan fingerprint density at radius 2 is 2.40 bits per heavy atom. The first-order chi connectivity index (χ1) is 7.15. The van der Waals surface area contributed by atoms with Crippen molar-refractivity contribution in [1.29, 1.82) is 0 Å². The van der Waals surface area contributed by atoms with E-state index in [1.54, 1.807) is 7.11 Å². The number of methoxy groups -OCH3 is 1. The maximum Gasteiger partial charge on any atom is 0.224 e. The Bertz CT molecular complexity index is 207. The minimum absolute atomic E-state index is 0.183. The van der Waals surface area contributed by atoms with Crippen LogP contribution >= 0.6 is 0 Å². The van der Waals surface area contributed by atoms with Crippen LogP contribution in [-0.2, 0) is 9.53 Å². The average Bonchev–Trinajstić information content (AvgIpc) is 2.26. The van der Waals surface area contributed by atoms with E-state index in [2.05, 4.69) is 0 Å². The van der Waals surface area contributed by atoms with E-state index in [1.807, 2.05) is 11.8 Å². The van der Waals surface area contributed by atoms with Crippen molar-refractivity contribution < 1.29 is 9.53 Å². The average molecular weight is 214 g/mol. The van der Waals surface area contributed by atoms with Gasteiger partial charge in [-0.15, -0.1) is 0 Å². The normalized spacial score (nSPS) is 23.9. The van der Waals surface area contributed by atoms with Crippen molar-refractivity contribution >= 4 is 5.91 Å². The van der Waals surface area contributed by atoms with Crippen molar-refractivity contribution in [2.75, 3.05) is 26.8 Å².